The minimum atomic E-state index is -0.742. The summed E-state index contributed by atoms with van der Waals surface area (Å²) in [5, 5.41) is 22.2. The lowest BCUT2D eigenvalue weighted by atomic mass is 9.85. The van der Waals surface area contributed by atoms with E-state index in [4.69, 9.17) is 9.84 Å². The van der Waals surface area contributed by atoms with Gasteiger partial charge < -0.3 is 20.3 Å². The van der Waals surface area contributed by atoms with Crippen molar-refractivity contribution in [2.75, 3.05) is 19.8 Å². The van der Waals surface area contributed by atoms with Crippen molar-refractivity contribution >= 4 is 0 Å². The first-order valence-electron chi connectivity index (χ1n) is 7.24. The molecule has 3 N–H and O–H groups in total. The normalized spacial score (nSPS) is 14.8. The largest absolute Gasteiger partial charge is 0.488 e. The third-order valence-electron chi connectivity index (χ3n) is 3.33. The van der Waals surface area contributed by atoms with E-state index < -0.39 is 11.9 Å². The first-order chi connectivity index (χ1) is 9.84. The van der Waals surface area contributed by atoms with Gasteiger partial charge in [0.2, 0.25) is 0 Å². The van der Waals surface area contributed by atoms with Gasteiger partial charge in [0.05, 0.1) is 0 Å². The predicted octanol–water partition coefficient (Wildman–Crippen LogP) is 1.95. The lowest BCUT2D eigenvalue weighted by Gasteiger charge is -2.32. The molecule has 2 unspecified atom stereocenters. The molecule has 0 amide bonds. The van der Waals surface area contributed by atoms with Crippen molar-refractivity contribution in [1.82, 2.24) is 5.32 Å². The summed E-state index contributed by atoms with van der Waals surface area (Å²) in [6, 6.07) is 6.20. The van der Waals surface area contributed by atoms with Crippen LogP contribution in [-0.2, 0) is 0 Å². The second-order valence-corrected chi connectivity index (χ2v) is 6.23. The summed E-state index contributed by atoms with van der Waals surface area (Å²) in [4.78, 5) is 0. The summed E-state index contributed by atoms with van der Waals surface area (Å²) in [6.45, 7) is 6.66. The van der Waals surface area contributed by atoms with Gasteiger partial charge in [-0.05, 0) is 24.0 Å². The maximum absolute atomic E-state index is 13.4. The molecule has 1 rings (SSSR count). The average molecular weight is 299 g/mol. The number of rotatable bonds is 8. The molecule has 2 atom stereocenters. The summed E-state index contributed by atoms with van der Waals surface area (Å²) < 4.78 is 18.6. The van der Waals surface area contributed by atoms with Crippen LogP contribution in [0.5, 0.6) is 5.75 Å². The third-order valence-corrected chi connectivity index (χ3v) is 3.33. The molecular formula is C16H26FNO3. The highest BCUT2D eigenvalue weighted by molar-refractivity contribution is 5.23. The lowest BCUT2D eigenvalue weighted by molar-refractivity contribution is 0.0918. The molecule has 0 bridgehead atoms. The fourth-order valence-corrected chi connectivity index (χ4v) is 2.06. The van der Waals surface area contributed by atoms with Crippen LogP contribution in [0.3, 0.4) is 0 Å². The topological polar surface area (TPSA) is 61.7 Å². The Bertz CT molecular complexity index is 420. The maximum Gasteiger partial charge on any atom is 0.165 e. The molecule has 0 aliphatic carbocycles. The van der Waals surface area contributed by atoms with Crippen molar-refractivity contribution in [3.63, 3.8) is 0 Å². The smallest absolute Gasteiger partial charge is 0.165 e. The summed E-state index contributed by atoms with van der Waals surface area (Å²) >= 11 is 0. The molecule has 0 heterocycles. The highest BCUT2D eigenvalue weighted by Crippen LogP contribution is 2.21. The van der Waals surface area contributed by atoms with Crippen molar-refractivity contribution in [2.24, 2.45) is 5.41 Å². The Morgan fingerprint density at radius 2 is 1.95 bits per heavy atom. The van der Waals surface area contributed by atoms with E-state index in [1.54, 1.807) is 12.1 Å². The van der Waals surface area contributed by atoms with Gasteiger partial charge in [0.1, 0.15) is 12.7 Å². The number of halogens is 1. The standard InChI is InChI=1S/C16H26FNO3/c1-16(2,3)15(8-9-19)18-10-12(20)11-21-14-7-5-4-6-13(14)17/h4-7,12,15,18-20H,8-11H2,1-3H3. The van der Waals surface area contributed by atoms with E-state index >= 15 is 0 Å². The number of benzene rings is 1. The second-order valence-electron chi connectivity index (χ2n) is 6.23. The minimum absolute atomic E-state index is 0.0178. The molecule has 0 fully saturated rings. The number of hydrogen-bond donors (Lipinski definition) is 3. The molecule has 0 spiro atoms. The second kappa shape index (κ2) is 8.32. The molecule has 0 radical (unpaired) electrons. The fraction of sp³-hybridized carbons (Fsp3) is 0.625. The van der Waals surface area contributed by atoms with Crippen LogP contribution in [0.25, 0.3) is 0 Å². The van der Waals surface area contributed by atoms with Gasteiger partial charge in [-0.3, -0.25) is 0 Å². The van der Waals surface area contributed by atoms with Gasteiger partial charge in [-0.25, -0.2) is 4.39 Å². The Labute approximate surface area is 125 Å². The Kier molecular flexibility index (Phi) is 7.08. The number of nitrogens with one attached hydrogen (secondary N) is 1. The summed E-state index contributed by atoms with van der Waals surface area (Å²) in [5.74, 6) is -0.301. The zero-order valence-corrected chi connectivity index (χ0v) is 13.0. The number of hydrogen-bond acceptors (Lipinski definition) is 4. The van der Waals surface area contributed by atoms with E-state index in [9.17, 15) is 9.50 Å². The quantitative estimate of drug-likeness (QED) is 0.686. The van der Waals surface area contributed by atoms with Crippen molar-refractivity contribution in [3.05, 3.63) is 30.1 Å². The highest BCUT2D eigenvalue weighted by atomic mass is 19.1. The maximum atomic E-state index is 13.4. The van der Waals surface area contributed by atoms with Crippen LogP contribution in [0.1, 0.15) is 27.2 Å². The molecule has 21 heavy (non-hydrogen) atoms. The Balaban J connectivity index is 2.39. The molecule has 0 saturated carbocycles. The lowest BCUT2D eigenvalue weighted by Crippen LogP contribution is -2.45. The zero-order valence-electron chi connectivity index (χ0n) is 13.0. The van der Waals surface area contributed by atoms with Crippen LogP contribution in [0.2, 0.25) is 0 Å². The minimum Gasteiger partial charge on any atom is -0.488 e. The van der Waals surface area contributed by atoms with Crippen LogP contribution in [0.15, 0.2) is 24.3 Å². The molecule has 5 heteroatoms. The number of para-hydroxylation sites is 1. The Morgan fingerprint density at radius 3 is 2.52 bits per heavy atom. The molecule has 1 aromatic carbocycles. The van der Waals surface area contributed by atoms with Crippen LogP contribution in [0.4, 0.5) is 4.39 Å². The van der Waals surface area contributed by atoms with Gasteiger partial charge in [0, 0.05) is 19.2 Å². The average Bonchev–Trinajstić information content (AvgIpc) is 2.41. The van der Waals surface area contributed by atoms with E-state index in [1.165, 1.54) is 12.1 Å². The van der Waals surface area contributed by atoms with Crippen molar-refractivity contribution in [3.8, 4) is 5.75 Å². The number of aliphatic hydroxyl groups excluding tert-OH is 2. The molecule has 0 aliphatic rings. The molecular weight excluding hydrogens is 273 g/mol. The van der Waals surface area contributed by atoms with Gasteiger partial charge in [-0.2, -0.15) is 0 Å². The number of ether oxygens (including phenoxy) is 1. The van der Waals surface area contributed by atoms with E-state index in [0.29, 0.717) is 13.0 Å². The first kappa shape index (κ1) is 17.9. The Morgan fingerprint density at radius 1 is 1.29 bits per heavy atom. The molecule has 120 valence electrons. The predicted molar refractivity (Wildman–Crippen MR) is 80.9 cm³/mol. The van der Waals surface area contributed by atoms with Crippen molar-refractivity contribution in [2.45, 2.75) is 39.3 Å². The van der Waals surface area contributed by atoms with Gasteiger partial charge in [0.15, 0.2) is 11.6 Å². The van der Waals surface area contributed by atoms with Crippen LogP contribution in [0, 0.1) is 11.2 Å². The molecule has 0 aliphatic heterocycles. The molecule has 4 nitrogen and oxygen atoms in total. The van der Waals surface area contributed by atoms with E-state index in [1.807, 2.05) is 0 Å². The summed E-state index contributed by atoms with van der Waals surface area (Å²) in [6.07, 6.45) is -0.127. The number of aliphatic hydroxyl groups is 2. The van der Waals surface area contributed by atoms with E-state index in [0.717, 1.165) is 0 Å². The summed E-state index contributed by atoms with van der Waals surface area (Å²) in [5.41, 5.74) is -0.0190. The monoisotopic (exact) mass is 299 g/mol. The van der Waals surface area contributed by atoms with Crippen molar-refractivity contribution in [1.29, 1.82) is 0 Å². The molecule has 1 aromatic rings. The first-order valence-corrected chi connectivity index (χ1v) is 7.24. The Hall–Kier alpha value is -1.17. The van der Waals surface area contributed by atoms with Crippen molar-refractivity contribution < 1.29 is 19.3 Å². The van der Waals surface area contributed by atoms with Gasteiger partial charge in [-0.1, -0.05) is 32.9 Å². The van der Waals surface area contributed by atoms with E-state index in [-0.39, 0.29) is 30.4 Å². The van der Waals surface area contributed by atoms with Crippen LogP contribution < -0.4 is 10.1 Å². The SMILES string of the molecule is CC(C)(C)C(CCO)NCC(O)COc1ccccc1F. The fourth-order valence-electron chi connectivity index (χ4n) is 2.06. The highest BCUT2D eigenvalue weighted by Gasteiger charge is 2.24. The summed E-state index contributed by atoms with van der Waals surface area (Å²) in [7, 11) is 0. The van der Waals surface area contributed by atoms with Crippen LogP contribution >= 0.6 is 0 Å². The van der Waals surface area contributed by atoms with Gasteiger partial charge >= 0.3 is 0 Å². The van der Waals surface area contributed by atoms with Gasteiger partial charge in [0.25, 0.3) is 0 Å². The molecule has 0 aromatic heterocycles. The van der Waals surface area contributed by atoms with Crippen LogP contribution in [-0.4, -0.2) is 42.1 Å². The van der Waals surface area contributed by atoms with E-state index in [2.05, 4.69) is 26.1 Å². The van der Waals surface area contributed by atoms with Gasteiger partial charge in [-0.15, -0.1) is 0 Å². The molecule has 0 saturated heterocycles. The third kappa shape index (κ3) is 6.42. The zero-order chi connectivity index (χ0) is 15.9.